The smallest absolute Gasteiger partial charge is 0.363 e. The minimum absolute atomic E-state index is 0.395. The van der Waals surface area contributed by atoms with Crippen LogP contribution in [0.4, 0.5) is 0 Å². The molecule has 2 atom stereocenters. The minimum Gasteiger partial charge on any atom is -0.478 e. The molecule has 2 N–H and O–H groups in total. The maximum absolute atomic E-state index is 11.3. The van der Waals surface area contributed by atoms with Gasteiger partial charge in [-0.15, -0.1) is 0 Å². The molecule has 0 fully saturated rings. The van der Waals surface area contributed by atoms with Crippen LogP contribution in [0.25, 0.3) is 0 Å². The highest BCUT2D eigenvalue weighted by atomic mass is 16.5. The fourth-order valence-corrected chi connectivity index (χ4v) is 1.65. The van der Waals surface area contributed by atoms with Crippen molar-refractivity contribution in [2.45, 2.75) is 38.2 Å². The number of aliphatic hydroxyl groups is 1. The maximum Gasteiger partial charge on any atom is 0.363 e. The molecule has 0 aromatic heterocycles. The van der Waals surface area contributed by atoms with Crippen LogP contribution in [0, 0.1) is 0 Å². The van der Waals surface area contributed by atoms with E-state index < -0.39 is 23.4 Å². The second-order valence-electron chi connectivity index (χ2n) is 5.26. The molecule has 1 aromatic carbocycles. The van der Waals surface area contributed by atoms with Gasteiger partial charge in [-0.1, -0.05) is 30.3 Å². The van der Waals surface area contributed by atoms with E-state index in [1.165, 1.54) is 0 Å². The standard InChI is InChI=1S/C14H17NO5/c1-13(2,3)20-11(10-7-5-4-6-8-10)14(19,12(17)18)15-9-16/h4-8,11,19H,1-3H3,(H,17,18)/t11-,14+/m0/s1. The second-order valence-corrected chi connectivity index (χ2v) is 5.26. The predicted molar refractivity (Wildman–Crippen MR) is 70.7 cm³/mol. The number of hydrogen-bond acceptors (Lipinski definition) is 5. The lowest BCUT2D eigenvalue weighted by atomic mass is 9.97. The summed E-state index contributed by atoms with van der Waals surface area (Å²) >= 11 is 0. The topological polar surface area (TPSA) is 96.2 Å². The van der Waals surface area contributed by atoms with Gasteiger partial charge in [-0.3, -0.25) is 0 Å². The number of nitrogens with zero attached hydrogens (tertiary/aromatic N) is 1. The van der Waals surface area contributed by atoms with Crippen LogP contribution < -0.4 is 0 Å². The summed E-state index contributed by atoms with van der Waals surface area (Å²) in [6.07, 6.45) is -0.241. The molecule has 0 amide bonds. The third-order valence-corrected chi connectivity index (χ3v) is 2.47. The summed E-state index contributed by atoms with van der Waals surface area (Å²) in [4.78, 5) is 24.8. The first-order chi connectivity index (χ1) is 9.20. The number of carboxylic acids is 1. The average Bonchev–Trinajstić information content (AvgIpc) is 2.36. The molecule has 1 aromatic rings. The normalized spacial score (nSPS) is 15.8. The molecule has 0 unspecified atom stereocenters. The summed E-state index contributed by atoms with van der Waals surface area (Å²) in [5, 5.41) is 19.4. The molecule has 0 saturated carbocycles. The maximum atomic E-state index is 11.3. The molecular weight excluding hydrogens is 262 g/mol. The van der Waals surface area contributed by atoms with Gasteiger partial charge in [0, 0.05) is 0 Å². The molecule has 108 valence electrons. The van der Waals surface area contributed by atoms with Gasteiger partial charge in [-0.25, -0.2) is 9.59 Å². The van der Waals surface area contributed by atoms with Gasteiger partial charge < -0.3 is 14.9 Å². The molecule has 0 bridgehead atoms. The van der Waals surface area contributed by atoms with Crippen molar-refractivity contribution in [2.24, 2.45) is 4.99 Å². The summed E-state index contributed by atoms with van der Waals surface area (Å²) in [6, 6.07) is 8.25. The van der Waals surface area contributed by atoms with Crippen molar-refractivity contribution in [1.29, 1.82) is 0 Å². The van der Waals surface area contributed by atoms with Crippen LogP contribution in [-0.2, 0) is 14.3 Å². The van der Waals surface area contributed by atoms with Crippen molar-refractivity contribution in [2.75, 3.05) is 0 Å². The number of ether oxygens (including phenoxy) is 1. The van der Waals surface area contributed by atoms with Crippen LogP contribution in [0.3, 0.4) is 0 Å². The molecule has 20 heavy (non-hydrogen) atoms. The van der Waals surface area contributed by atoms with Gasteiger partial charge >= 0.3 is 5.97 Å². The first-order valence-corrected chi connectivity index (χ1v) is 5.98. The minimum atomic E-state index is -2.73. The number of carboxylic acid groups (broad SMARTS) is 1. The molecule has 1 rings (SSSR count). The Bertz CT molecular complexity index is 512. The highest BCUT2D eigenvalue weighted by Gasteiger charge is 2.48. The molecule has 0 aliphatic carbocycles. The number of carbonyl (C=O) groups excluding carboxylic acids is 1. The highest BCUT2D eigenvalue weighted by Crippen LogP contribution is 2.34. The lowest BCUT2D eigenvalue weighted by Crippen LogP contribution is -2.46. The Morgan fingerprint density at radius 2 is 1.85 bits per heavy atom. The van der Waals surface area contributed by atoms with Gasteiger partial charge in [0.05, 0.1) is 5.60 Å². The van der Waals surface area contributed by atoms with Crippen molar-refractivity contribution < 1.29 is 24.5 Å². The fraction of sp³-hybridized carbons (Fsp3) is 0.429. The van der Waals surface area contributed by atoms with Crippen LogP contribution >= 0.6 is 0 Å². The molecule has 6 nitrogen and oxygen atoms in total. The van der Waals surface area contributed by atoms with E-state index >= 15 is 0 Å². The van der Waals surface area contributed by atoms with Gasteiger partial charge in [0.1, 0.15) is 6.10 Å². The Labute approximate surface area is 116 Å². The van der Waals surface area contributed by atoms with E-state index in [1.54, 1.807) is 51.1 Å². The number of rotatable bonds is 5. The highest BCUT2D eigenvalue weighted by molar-refractivity contribution is 5.79. The fourth-order valence-electron chi connectivity index (χ4n) is 1.65. The van der Waals surface area contributed by atoms with Gasteiger partial charge in [0.25, 0.3) is 5.72 Å². The zero-order valence-corrected chi connectivity index (χ0v) is 11.5. The van der Waals surface area contributed by atoms with Crippen LogP contribution in [0.2, 0.25) is 0 Å². The third-order valence-electron chi connectivity index (χ3n) is 2.47. The number of benzene rings is 1. The molecule has 0 aliphatic heterocycles. The van der Waals surface area contributed by atoms with E-state index in [0.29, 0.717) is 5.56 Å². The van der Waals surface area contributed by atoms with Gasteiger partial charge in [0.2, 0.25) is 6.08 Å². The quantitative estimate of drug-likeness (QED) is 0.631. The molecule has 0 heterocycles. The number of aliphatic imine (C=N–C) groups is 1. The zero-order valence-electron chi connectivity index (χ0n) is 11.5. The number of hydrogen-bond donors (Lipinski definition) is 2. The van der Waals surface area contributed by atoms with E-state index in [2.05, 4.69) is 4.99 Å². The average molecular weight is 279 g/mol. The summed E-state index contributed by atoms with van der Waals surface area (Å²) in [5.74, 6) is -1.68. The summed E-state index contributed by atoms with van der Waals surface area (Å²) < 4.78 is 5.60. The van der Waals surface area contributed by atoms with Gasteiger partial charge in [-0.05, 0) is 26.3 Å². The number of isocyanates is 1. The van der Waals surface area contributed by atoms with Gasteiger partial charge in [0.15, 0.2) is 0 Å². The Morgan fingerprint density at radius 1 is 1.30 bits per heavy atom. The van der Waals surface area contributed by atoms with Crippen molar-refractivity contribution in [3.05, 3.63) is 35.9 Å². The molecule has 0 spiro atoms. The van der Waals surface area contributed by atoms with E-state index in [1.807, 2.05) is 0 Å². The lowest BCUT2D eigenvalue weighted by Gasteiger charge is -2.33. The zero-order chi connectivity index (χ0) is 15.4. The predicted octanol–water partition coefficient (Wildman–Crippen LogP) is 1.65. The third kappa shape index (κ3) is 3.74. The van der Waals surface area contributed by atoms with Gasteiger partial charge in [-0.2, -0.15) is 4.99 Å². The Balaban J connectivity index is 3.36. The Hall–Kier alpha value is -2.01. The first-order valence-electron chi connectivity index (χ1n) is 5.98. The SMILES string of the molecule is CC(C)(C)O[C@@H](c1ccccc1)[C@](O)(N=C=O)C(=O)O. The first kappa shape index (κ1) is 16.0. The van der Waals surface area contributed by atoms with Crippen molar-refractivity contribution in [3.63, 3.8) is 0 Å². The van der Waals surface area contributed by atoms with Crippen molar-refractivity contribution in [1.82, 2.24) is 0 Å². The van der Waals surface area contributed by atoms with E-state index in [-0.39, 0.29) is 0 Å². The van der Waals surface area contributed by atoms with E-state index in [0.717, 1.165) is 6.08 Å². The molecular formula is C14H17NO5. The summed E-state index contributed by atoms with van der Waals surface area (Å²) in [7, 11) is 0. The molecule has 6 heteroatoms. The van der Waals surface area contributed by atoms with E-state index in [9.17, 15) is 19.8 Å². The molecule has 0 saturated heterocycles. The largest absolute Gasteiger partial charge is 0.478 e. The van der Waals surface area contributed by atoms with Crippen LogP contribution in [0.1, 0.15) is 32.4 Å². The Morgan fingerprint density at radius 3 is 2.25 bits per heavy atom. The second kappa shape index (κ2) is 5.96. The monoisotopic (exact) mass is 279 g/mol. The summed E-state index contributed by atoms with van der Waals surface area (Å²) in [6.45, 7) is 5.11. The van der Waals surface area contributed by atoms with Crippen LogP contribution in [0.5, 0.6) is 0 Å². The summed E-state index contributed by atoms with van der Waals surface area (Å²) in [5.41, 5.74) is -3.08. The Kier molecular flexibility index (Phi) is 4.78. The van der Waals surface area contributed by atoms with Crippen molar-refractivity contribution >= 4 is 12.0 Å². The van der Waals surface area contributed by atoms with E-state index in [4.69, 9.17) is 4.74 Å². The number of carbonyl (C=O) groups is 1. The molecule has 0 radical (unpaired) electrons. The molecule has 0 aliphatic rings. The van der Waals surface area contributed by atoms with Crippen LogP contribution in [-0.4, -0.2) is 33.6 Å². The van der Waals surface area contributed by atoms with Crippen LogP contribution in [0.15, 0.2) is 35.3 Å². The number of aliphatic carboxylic acids is 1. The van der Waals surface area contributed by atoms with Crippen molar-refractivity contribution in [3.8, 4) is 0 Å². The lowest BCUT2D eigenvalue weighted by molar-refractivity contribution is -0.191.